The fourth-order valence-electron chi connectivity index (χ4n) is 2.26. The van der Waals surface area contributed by atoms with Crippen molar-refractivity contribution < 1.29 is 9.90 Å². The number of rotatable bonds is 5. The van der Waals surface area contributed by atoms with Crippen LogP contribution in [0.4, 0.5) is 0 Å². The number of aliphatic hydroxyl groups excluding tert-OH is 1. The molecule has 0 spiro atoms. The molecule has 1 amide bonds. The third-order valence-corrected chi connectivity index (χ3v) is 3.74. The quantitative estimate of drug-likeness (QED) is 0.602. The lowest BCUT2D eigenvalue weighted by molar-refractivity contribution is -0.129. The number of nitrogens with two attached hydrogens (primary N) is 1. The molecule has 100 valence electrons. The minimum Gasteiger partial charge on any atom is -0.382 e. The molecule has 5 nitrogen and oxygen atoms in total. The van der Waals surface area contributed by atoms with Crippen LogP contribution in [0.5, 0.6) is 0 Å². The van der Waals surface area contributed by atoms with Crippen molar-refractivity contribution in [3.8, 4) is 0 Å². The molecule has 1 saturated heterocycles. The maximum Gasteiger partial charge on any atom is 0.250 e. The van der Waals surface area contributed by atoms with Gasteiger partial charge in [0, 0.05) is 19.6 Å². The van der Waals surface area contributed by atoms with E-state index in [1.165, 1.54) is 6.42 Å². The second kappa shape index (κ2) is 5.80. The largest absolute Gasteiger partial charge is 0.382 e. The molecule has 0 radical (unpaired) electrons. The number of amides is 1. The predicted octanol–water partition coefficient (Wildman–Crippen LogP) is -0.600. The zero-order valence-electron chi connectivity index (χ0n) is 11.1. The highest BCUT2D eigenvalue weighted by molar-refractivity contribution is 5.80. The Balaban J connectivity index is 2.41. The lowest BCUT2D eigenvalue weighted by Gasteiger charge is -2.32. The van der Waals surface area contributed by atoms with Gasteiger partial charge < -0.3 is 21.1 Å². The van der Waals surface area contributed by atoms with Crippen LogP contribution in [-0.4, -0.2) is 55.2 Å². The van der Waals surface area contributed by atoms with E-state index in [0.717, 1.165) is 13.1 Å². The van der Waals surface area contributed by atoms with E-state index >= 15 is 0 Å². The SMILES string of the molecule is CN1CCC(C(C)(C)CNC(=O)C(O)CN)C1. The van der Waals surface area contributed by atoms with Crippen LogP contribution in [0.3, 0.4) is 0 Å². The average Bonchev–Trinajstić information content (AvgIpc) is 2.72. The van der Waals surface area contributed by atoms with Gasteiger partial charge in [-0.25, -0.2) is 0 Å². The number of nitrogens with one attached hydrogen (secondary N) is 1. The maximum atomic E-state index is 11.4. The molecule has 1 aliphatic rings. The summed E-state index contributed by atoms with van der Waals surface area (Å²) in [6.07, 6.45) is 0.0794. The molecule has 2 atom stereocenters. The lowest BCUT2D eigenvalue weighted by Crippen LogP contribution is -2.45. The van der Waals surface area contributed by atoms with Crippen LogP contribution < -0.4 is 11.1 Å². The standard InChI is InChI=1S/C12H25N3O2/c1-12(2,9-4-5-15(3)7-9)8-14-11(17)10(16)6-13/h9-10,16H,4-8,13H2,1-3H3,(H,14,17). The van der Waals surface area contributed by atoms with Crippen LogP contribution in [0.1, 0.15) is 20.3 Å². The molecule has 5 heteroatoms. The van der Waals surface area contributed by atoms with Crippen LogP contribution in [0, 0.1) is 11.3 Å². The van der Waals surface area contributed by atoms with Gasteiger partial charge in [-0.1, -0.05) is 13.8 Å². The normalized spacial score (nSPS) is 23.7. The first-order valence-electron chi connectivity index (χ1n) is 6.21. The number of nitrogens with zero attached hydrogens (tertiary/aromatic N) is 1. The van der Waals surface area contributed by atoms with Crippen LogP contribution >= 0.6 is 0 Å². The molecule has 0 aromatic rings. The number of carbonyl (C=O) groups excluding carboxylic acids is 1. The molecule has 0 aromatic carbocycles. The summed E-state index contributed by atoms with van der Waals surface area (Å²) in [6.45, 7) is 7.06. The molecule has 4 N–H and O–H groups in total. The van der Waals surface area contributed by atoms with Gasteiger partial charge in [-0.05, 0) is 31.3 Å². The van der Waals surface area contributed by atoms with E-state index in [-0.39, 0.29) is 17.9 Å². The topological polar surface area (TPSA) is 78.6 Å². The minimum absolute atomic E-state index is 0.0293. The zero-order valence-corrected chi connectivity index (χ0v) is 11.1. The smallest absolute Gasteiger partial charge is 0.250 e. The van der Waals surface area contributed by atoms with Crippen molar-refractivity contribution >= 4 is 5.91 Å². The molecule has 0 saturated carbocycles. The summed E-state index contributed by atoms with van der Waals surface area (Å²) in [5, 5.41) is 12.1. The van der Waals surface area contributed by atoms with E-state index in [1.807, 2.05) is 0 Å². The second-order valence-electron chi connectivity index (χ2n) is 5.71. The van der Waals surface area contributed by atoms with Gasteiger partial charge in [0.15, 0.2) is 0 Å². The number of hydrogen-bond acceptors (Lipinski definition) is 4. The highest BCUT2D eigenvalue weighted by Crippen LogP contribution is 2.33. The van der Waals surface area contributed by atoms with E-state index in [4.69, 9.17) is 5.73 Å². The summed E-state index contributed by atoms with van der Waals surface area (Å²) < 4.78 is 0. The average molecular weight is 243 g/mol. The van der Waals surface area contributed by atoms with Gasteiger partial charge >= 0.3 is 0 Å². The van der Waals surface area contributed by atoms with Gasteiger partial charge in [0.05, 0.1) is 0 Å². The molecule has 17 heavy (non-hydrogen) atoms. The Morgan fingerprint density at radius 2 is 2.29 bits per heavy atom. The third-order valence-electron chi connectivity index (χ3n) is 3.74. The summed E-state index contributed by atoms with van der Waals surface area (Å²) in [6, 6.07) is 0. The third kappa shape index (κ3) is 3.94. The van der Waals surface area contributed by atoms with E-state index in [1.54, 1.807) is 0 Å². The molecule has 2 unspecified atom stereocenters. The van der Waals surface area contributed by atoms with Gasteiger partial charge in [-0.15, -0.1) is 0 Å². The van der Waals surface area contributed by atoms with Crippen molar-refractivity contribution in [2.75, 3.05) is 33.2 Å². The van der Waals surface area contributed by atoms with Crippen molar-refractivity contribution in [2.45, 2.75) is 26.4 Å². The number of likely N-dealkylation sites (tertiary alicyclic amines) is 1. The Labute approximate surface area is 103 Å². The second-order valence-corrected chi connectivity index (χ2v) is 5.71. The molecule has 1 fully saturated rings. The van der Waals surface area contributed by atoms with Crippen molar-refractivity contribution in [1.29, 1.82) is 0 Å². The monoisotopic (exact) mass is 243 g/mol. The highest BCUT2D eigenvalue weighted by Gasteiger charge is 2.34. The first-order chi connectivity index (χ1) is 7.86. The molecular formula is C12H25N3O2. The van der Waals surface area contributed by atoms with Gasteiger partial charge in [-0.3, -0.25) is 4.79 Å². The van der Waals surface area contributed by atoms with Gasteiger partial charge in [0.1, 0.15) is 6.10 Å². The van der Waals surface area contributed by atoms with E-state index in [2.05, 4.69) is 31.1 Å². The predicted molar refractivity (Wildman–Crippen MR) is 67.5 cm³/mol. The van der Waals surface area contributed by atoms with Crippen molar-refractivity contribution in [3.05, 3.63) is 0 Å². The minimum atomic E-state index is -1.09. The molecule has 0 aliphatic carbocycles. The van der Waals surface area contributed by atoms with E-state index < -0.39 is 6.10 Å². The summed E-state index contributed by atoms with van der Waals surface area (Å²) >= 11 is 0. The summed E-state index contributed by atoms with van der Waals surface area (Å²) in [5.74, 6) is 0.217. The fourth-order valence-corrected chi connectivity index (χ4v) is 2.26. The van der Waals surface area contributed by atoms with Crippen molar-refractivity contribution in [2.24, 2.45) is 17.1 Å². The Morgan fingerprint density at radius 1 is 1.65 bits per heavy atom. The fraction of sp³-hybridized carbons (Fsp3) is 0.917. The Bertz CT molecular complexity index is 268. The van der Waals surface area contributed by atoms with Gasteiger partial charge in [-0.2, -0.15) is 0 Å². The van der Waals surface area contributed by atoms with Crippen LogP contribution in [0.15, 0.2) is 0 Å². The lowest BCUT2D eigenvalue weighted by atomic mass is 9.78. The summed E-state index contributed by atoms with van der Waals surface area (Å²) in [4.78, 5) is 13.8. The molecule has 1 aliphatic heterocycles. The van der Waals surface area contributed by atoms with Crippen LogP contribution in [0.25, 0.3) is 0 Å². The molecular weight excluding hydrogens is 218 g/mol. The van der Waals surface area contributed by atoms with Gasteiger partial charge in [0.2, 0.25) is 5.91 Å². The molecule has 1 rings (SSSR count). The Morgan fingerprint density at radius 3 is 2.76 bits per heavy atom. The number of hydrogen-bond donors (Lipinski definition) is 3. The highest BCUT2D eigenvalue weighted by atomic mass is 16.3. The number of aliphatic hydroxyl groups is 1. The van der Waals surface area contributed by atoms with Crippen molar-refractivity contribution in [3.63, 3.8) is 0 Å². The zero-order chi connectivity index (χ0) is 13.1. The summed E-state index contributed by atoms with van der Waals surface area (Å²) in [7, 11) is 2.12. The molecule has 1 heterocycles. The van der Waals surface area contributed by atoms with E-state index in [0.29, 0.717) is 12.5 Å². The number of carbonyl (C=O) groups is 1. The van der Waals surface area contributed by atoms with E-state index in [9.17, 15) is 9.90 Å². The maximum absolute atomic E-state index is 11.4. The first-order valence-corrected chi connectivity index (χ1v) is 6.21. The summed E-state index contributed by atoms with van der Waals surface area (Å²) in [5.41, 5.74) is 5.29. The van der Waals surface area contributed by atoms with Crippen molar-refractivity contribution in [1.82, 2.24) is 10.2 Å². The van der Waals surface area contributed by atoms with Gasteiger partial charge in [0.25, 0.3) is 0 Å². The Kier molecular flexibility index (Phi) is 4.91. The molecule has 0 bridgehead atoms. The van der Waals surface area contributed by atoms with Crippen LogP contribution in [0.2, 0.25) is 0 Å². The molecule has 0 aromatic heterocycles. The first kappa shape index (κ1) is 14.4. The van der Waals surface area contributed by atoms with Crippen LogP contribution in [-0.2, 0) is 4.79 Å². The Hall–Kier alpha value is -0.650.